The number of aliphatic hydroxyl groups excluding tert-OH is 1. The number of carbonyl (C=O) groups excluding carboxylic acids is 2. The fourth-order valence-electron chi connectivity index (χ4n) is 4.29. The summed E-state index contributed by atoms with van der Waals surface area (Å²) in [5.74, 6) is -0.158. The van der Waals surface area contributed by atoms with Crippen molar-refractivity contribution >= 4 is 17.5 Å². The zero-order valence-electron chi connectivity index (χ0n) is 21.2. The first-order valence-electron chi connectivity index (χ1n) is 12.1. The van der Waals surface area contributed by atoms with Crippen LogP contribution in [0.5, 0.6) is 5.75 Å². The average molecular weight is 509 g/mol. The summed E-state index contributed by atoms with van der Waals surface area (Å²) in [4.78, 5) is 33.9. The second-order valence-electron chi connectivity index (χ2n) is 9.44. The van der Waals surface area contributed by atoms with Gasteiger partial charge >= 0.3 is 0 Å². The number of anilines is 1. The zero-order valence-corrected chi connectivity index (χ0v) is 21.2. The predicted molar refractivity (Wildman–Crippen MR) is 135 cm³/mol. The van der Waals surface area contributed by atoms with Crippen molar-refractivity contribution in [3.63, 3.8) is 0 Å². The highest BCUT2D eigenvalue weighted by molar-refractivity contribution is 5.99. The van der Waals surface area contributed by atoms with Crippen molar-refractivity contribution in [1.29, 1.82) is 0 Å². The molecule has 196 valence electrons. The van der Waals surface area contributed by atoms with Gasteiger partial charge in [-0.1, -0.05) is 6.92 Å². The van der Waals surface area contributed by atoms with Gasteiger partial charge in [0.2, 0.25) is 5.91 Å². The standard InChI is InChI=1S/C25H32N8O4/c1-17-11-33(18(2)15-34)25(36)21-10-20(28-24(35)14-32-16-27-29-30-32)4-5-22(21)37-23(17)13-31(3)12-19-6-8-26-9-7-19/h4-10,16-18,23,34H,11-15H2,1-3H3,(H,28,35)/t17-,18-,23-/m0/s1. The summed E-state index contributed by atoms with van der Waals surface area (Å²) >= 11 is 0. The van der Waals surface area contributed by atoms with E-state index in [1.54, 1.807) is 35.5 Å². The molecule has 0 aliphatic carbocycles. The van der Waals surface area contributed by atoms with Gasteiger partial charge in [0, 0.05) is 43.6 Å². The maximum absolute atomic E-state index is 13.6. The number of nitrogens with one attached hydrogen (secondary N) is 1. The molecule has 0 saturated heterocycles. The van der Waals surface area contributed by atoms with Crippen LogP contribution in [0.2, 0.25) is 0 Å². The summed E-state index contributed by atoms with van der Waals surface area (Å²) in [6, 6.07) is 8.59. The molecule has 37 heavy (non-hydrogen) atoms. The molecule has 0 saturated carbocycles. The lowest BCUT2D eigenvalue weighted by Gasteiger charge is -2.38. The molecule has 0 unspecified atom stereocenters. The van der Waals surface area contributed by atoms with Gasteiger partial charge in [-0.3, -0.25) is 19.5 Å². The number of rotatable bonds is 9. The maximum Gasteiger partial charge on any atom is 0.258 e. The number of pyridine rings is 1. The first-order valence-corrected chi connectivity index (χ1v) is 12.1. The van der Waals surface area contributed by atoms with Crippen molar-refractivity contribution in [2.24, 2.45) is 5.92 Å². The van der Waals surface area contributed by atoms with Crippen LogP contribution < -0.4 is 10.1 Å². The van der Waals surface area contributed by atoms with Crippen molar-refractivity contribution in [1.82, 2.24) is 35.0 Å². The van der Waals surface area contributed by atoms with Crippen LogP contribution in [-0.4, -0.2) is 90.8 Å². The Morgan fingerprint density at radius 1 is 1.30 bits per heavy atom. The van der Waals surface area contributed by atoms with Gasteiger partial charge in [-0.25, -0.2) is 4.68 Å². The van der Waals surface area contributed by atoms with Crippen molar-refractivity contribution in [2.45, 2.75) is 39.1 Å². The molecule has 2 N–H and O–H groups in total. The Morgan fingerprint density at radius 2 is 2.08 bits per heavy atom. The molecular formula is C25H32N8O4. The molecule has 12 heteroatoms. The number of amides is 2. The SMILES string of the molecule is C[C@H]1CN([C@@H](C)CO)C(=O)c2cc(NC(=O)Cn3cnnn3)ccc2O[C@H]1CN(C)Cc1ccncc1. The minimum absolute atomic E-state index is 0.00154. The van der Waals surface area contributed by atoms with E-state index in [9.17, 15) is 14.7 Å². The van der Waals surface area contributed by atoms with E-state index in [0.29, 0.717) is 30.1 Å². The molecule has 3 aromatic rings. The van der Waals surface area contributed by atoms with Gasteiger partial charge in [-0.05, 0) is 60.3 Å². The van der Waals surface area contributed by atoms with Crippen LogP contribution in [0, 0.1) is 5.92 Å². The van der Waals surface area contributed by atoms with Crippen LogP contribution in [0.15, 0.2) is 49.1 Å². The number of carbonyl (C=O) groups is 2. The van der Waals surface area contributed by atoms with Crippen LogP contribution >= 0.6 is 0 Å². The van der Waals surface area contributed by atoms with Gasteiger partial charge in [-0.2, -0.15) is 0 Å². The first-order chi connectivity index (χ1) is 17.8. The Kier molecular flexibility index (Phi) is 8.41. The van der Waals surface area contributed by atoms with E-state index in [1.807, 2.05) is 33.0 Å². The smallest absolute Gasteiger partial charge is 0.258 e. The number of nitrogens with zero attached hydrogens (tertiary/aromatic N) is 7. The minimum Gasteiger partial charge on any atom is -0.488 e. The van der Waals surface area contributed by atoms with Crippen LogP contribution in [0.1, 0.15) is 29.8 Å². The highest BCUT2D eigenvalue weighted by Gasteiger charge is 2.33. The average Bonchev–Trinajstić information content (AvgIpc) is 3.39. The van der Waals surface area contributed by atoms with E-state index in [2.05, 4.69) is 30.7 Å². The van der Waals surface area contributed by atoms with Crippen LogP contribution in [0.4, 0.5) is 5.69 Å². The Balaban J connectivity index is 1.57. The van der Waals surface area contributed by atoms with Gasteiger partial charge < -0.3 is 20.1 Å². The number of aliphatic hydroxyl groups is 1. The number of hydrogen-bond donors (Lipinski definition) is 2. The molecule has 0 bridgehead atoms. The molecule has 0 fully saturated rings. The second-order valence-corrected chi connectivity index (χ2v) is 9.44. The van der Waals surface area contributed by atoms with Crippen LogP contribution in [0.3, 0.4) is 0 Å². The molecular weight excluding hydrogens is 476 g/mol. The van der Waals surface area contributed by atoms with Gasteiger partial charge in [0.1, 0.15) is 24.7 Å². The molecule has 0 spiro atoms. The van der Waals surface area contributed by atoms with Crippen molar-refractivity contribution < 1.29 is 19.4 Å². The molecule has 12 nitrogen and oxygen atoms in total. The Morgan fingerprint density at radius 3 is 2.78 bits per heavy atom. The molecule has 2 amide bonds. The lowest BCUT2D eigenvalue weighted by molar-refractivity contribution is -0.116. The molecule has 3 heterocycles. The first kappa shape index (κ1) is 26.2. The molecule has 4 rings (SSSR count). The minimum atomic E-state index is -0.380. The molecule has 1 aliphatic rings. The summed E-state index contributed by atoms with van der Waals surface area (Å²) in [7, 11) is 2.03. The van der Waals surface area contributed by atoms with Crippen LogP contribution in [-0.2, 0) is 17.9 Å². The molecule has 0 radical (unpaired) electrons. The third-order valence-electron chi connectivity index (χ3n) is 6.34. The number of hydrogen-bond acceptors (Lipinski definition) is 9. The van der Waals surface area contributed by atoms with E-state index in [-0.39, 0.29) is 43.0 Å². The molecule has 3 atom stereocenters. The number of aromatic nitrogens is 5. The number of ether oxygens (including phenoxy) is 1. The van der Waals surface area contributed by atoms with E-state index in [4.69, 9.17) is 4.74 Å². The highest BCUT2D eigenvalue weighted by atomic mass is 16.5. The highest BCUT2D eigenvalue weighted by Crippen LogP contribution is 2.30. The van der Waals surface area contributed by atoms with E-state index in [0.717, 1.165) is 12.1 Å². The molecule has 2 aromatic heterocycles. The lowest BCUT2D eigenvalue weighted by atomic mass is 9.99. The maximum atomic E-state index is 13.6. The monoisotopic (exact) mass is 508 g/mol. The van der Waals surface area contributed by atoms with Gasteiger partial charge in [0.25, 0.3) is 5.91 Å². The Hall–Kier alpha value is -3.90. The topological polar surface area (TPSA) is 139 Å². The Labute approximate surface area is 215 Å². The second kappa shape index (κ2) is 11.9. The number of tetrazole rings is 1. The number of benzene rings is 1. The van der Waals surface area contributed by atoms with Gasteiger partial charge in [-0.15, -0.1) is 5.10 Å². The third-order valence-corrected chi connectivity index (χ3v) is 6.34. The quantitative estimate of drug-likeness (QED) is 0.434. The summed E-state index contributed by atoms with van der Waals surface area (Å²) in [6.45, 7) is 5.41. The van der Waals surface area contributed by atoms with E-state index < -0.39 is 0 Å². The molecule has 1 aliphatic heterocycles. The summed E-state index contributed by atoms with van der Waals surface area (Å²) < 4.78 is 7.73. The zero-order chi connectivity index (χ0) is 26.4. The fourth-order valence-corrected chi connectivity index (χ4v) is 4.29. The van der Waals surface area contributed by atoms with Crippen molar-refractivity contribution in [3.05, 3.63) is 60.2 Å². The fraction of sp³-hybridized carbons (Fsp3) is 0.440. The predicted octanol–water partition coefficient (Wildman–Crippen LogP) is 1.06. The summed E-state index contributed by atoms with van der Waals surface area (Å²) in [6.07, 6.45) is 4.67. The van der Waals surface area contributed by atoms with Gasteiger partial charge in [0.05, 0.1) is 18.2 Å². The largest absolute Gasteiger partial charge is 0.488 e. The summed E-state index contributed by atoms with van der Waals surface area (Å²) in [5, 5.41) is 23.4. The van der Waals surface area contributed by atoms with E-state index >= 15 is 0 Å². The number of likely N-dealkylation sites (N-methyl/N-ethyl adjacent to an activating group) is 1. The van der Waals surface area contributed by atoms with Crippen molar-refractivity contribution in [3.8, 4) is 5.75 Å². The Bertz CT molecular complexity index is 1190. The van der Waals surface area contributed by atoms with Gasteiger partial charge in [0.15, 0.2) is 0 Å². The van der Waals surface area contributed by atoms with Crippen molar-refractivity contribution in [2.75, 3.05) is 32.1 Å². The van der Waals surface area contributed by atoms with E-state index in [1.165, 1.54) is 11.0 Å². The van der Waals surface area contributed by atoms with Crippen LogP contribution in [0.25, 0.3) is 0 Å². The molecule has 1 aromatic carbocycles. The number of fused-ring (bicyclic) bond motifs is 1. The summed E-state index contributed by atoms with van der Waals surface area (Å²) in [5.41, 5.74) is 1.92. The lowest BCUT2D eigenvalue weighted by Crippen LogP contribution is -2.49. The normalized spacial score (nSPS) is 18.5. The third kappa shape index (κ3) is 6.66.